The van der Waals surface area contributed by atoms with Gasteiger partial charge in [0.15, 0.2) is 5.58 Å². The monoisotopic (exact) mass is 331 g/mol. The van der Waals surface area contributed by atoms with Gasteiger partial charge in [-0.15, -0.1) is 0 Å². The molecule has 0 atom stereocenters. The van der Waals surface area contributed by atoms with E-state index in [0.29, 0.717) is 5.89 Å². The summed E-state index contributed by atoms with van der Waals surface area (Å²) in [5.74, 6) is 2.23. The Labute approximate surface area is 145 Å². The lowest BCUT2D eigenvalue weighted by Gasteiger charge is -2.04. The summed E-state index contributed by atoms with van der Waals surface area (Å²) in [6.45, 7) is 0. The molecule has 0 radical (unpaired) electrons. The second kappa shape index (κ2) is 6.32. The van der Waals surface area contributed by atoms with E-state index in [9.17, 15) is 0 Å². The lowest BCUT2D eigenvalue weighted by molar-refractivity contribution is 0.415. The molecule has 1 aromatic heterocycles. The molecular weight excluding hydrogens is 314 g/mol. The fraction of sp³-hybridized carbons (Fsp3) is 0.0952. The van der Waals surface area contributed by atoms with Gasteiger partial charge in [0.2, 0.25) is 5.89 Å². The molecule has 3 aromatic carbocycles. The zero-order valence-electron chi connectivity index (χ0n) is 14.0. The van der Waals surface area contributed by atoms with Crippen molar-refractivity contribution in [1.82, 2.24) is 4.98 Å². The van der Waals surface area contributed by atoms with Gasteiger partial charge in [0.1, 0.15) is 17.0 Å². The molecule has 0 aliphatic carbocycles. The van der Waals surface area contributed by atoms with Gasteiger partial charge in [-0.25, -0.2) is 4.98 Å². The van der Waals surface area contributed by atoms with Crippen LogP contribution in [0.25, 0.3) is 33.7 Å². The Kier molecular flexibility index (Phi) is 3.86. The summed E-state index contributed by atoms with van der Waals surface area (Å²) in [7, 11) is 3.31. The fourth-order valence-electron chi connectivity index (χ4n) is 2.76. The maximum Gasteiger partial charge on any atom is 0.227 e. The molecule has 0 amide bonds. The number of rotatable bonds is 4. The highest BCUT2D eigenvalue weighted by Gasteiger charge is 2.10. The zero-order chi connectivity index (χ0) is 17.2. The van der Waals surface area contributed by atoms with Crippen molar-refractivity contribution < 1.29 is 13.9 Å². The largest absolute Gasteiger partial charge is 0.497 e. The maximum absolute atomic E-state index is 5.96. The standard InChI is InChI=1S/C21H17NO3/c1-23-17-9-6-14(7-10-17)21-22-19-11-8-16(13-20(19)25-21)15-4-3-5-18(12-15)24-2/h3-13H,1-2H3. The molecule has 4 rings (SSSR count). The lowest BCUT2D eigenvalue weighted by Crippen LogP contribution is -1.83. The molecule has 0 unspecified atom stereocenters. The molecule has 1 heterocycles. The highest BCUT2D eigenvalue weighted by Crippen LogP contribution is 2.30. The lowest BCUT2D eigenvalue weighted by atomic mass is 10.1. The molecule has 4 nitrogen and oxygen atoms in total. The Morgan fingerprint density at radius 1 is 0.720 bits per heavy atom. The van der Waals surface area contributed by atoms with Gasteiger partial charge in [0.05, 0.1) is 14.2 Å². The smallest absolute Gasteiger partial charge is 0.227 e. The van der Waals surface area contributed by atoms with Crippen LogP contribution in [0.3, 0.4) is 0 Å². The first-order chi connectivity index (χ1) is 12.3. The Balaban J connectivity index is 1.73. The third-order valence-electron chi connectivity index (χ3n) is 4.13. The number of hydrogen-bond donors (Lipinski definition) is 0. The van der Waals surface area contributed by atoms with E-state index in [-0.39, 0.29) is 0 Å². The van der Waals surface area contributed by atoms with Gasteiger partial charge >= 0.3 is 0 Å². The van der Waals surface area contributed by atoms with Gasteiger partial charge in [-0.05, 0) is 59.7 Å². The van der Waals surface area contributed by atoms with Crippen molar-refractivity contribution >= 4 is 11.1 Å². The number of nitrogens with zero attached hydrogens (tertiary/aromatic N) is 1. The molecule has 4 aromatic rings. The van der Waals surface area contributed by atoms with Gasteiger partial charge in [-0.1, -0.05) is 18.2 Å². The molecule has 0 aliphatic heterocycles. The summed E-state index contributed by atoms with van der Waals surface area (Å²) in [5.41, 5.74) is 4.64. The van der Waals surface area contributed by atoms with Crippen molar-refractivity contribution in [2.45, 2.75) is 0 Å². The van der Waals surface area contributed by atoms with E-state index in [2.05, 4.69) is 4.98 Å². The van der Waals surface area contributed by atoms with Crippen LogP contribution in [-0.4, -0.2) is 19.2 Å². The molecular formula is C21H17NO3. The second-order valence-corrected chi connectivity index (χ2v) is 5.66. The summed E-state index contributed by atoms with van der Waals surface area (Å²) < 4.78 is 16.4. The predicted molar refractivity (Wildman–Crippen MR) is 98.0 cm³/mol. The molecule has 0 spiro atoms. The maximum atomic E-state index is 5.96. The molecule has 4 heteroatoms. The molecule has 0 N–H and O–H groups in total. The normalized spacial score (nSPS) is 10.8. The molecule has 0 saturated heterocycles. The van der Waals surface area contributed by atoms with E-state index >= 15 is 0 Å². The Bertz CT molecular complexity index is 1020. The first kappa shape index (κ1) is 15.3. The summed E-state index contributed by atoms with van der Waals surface area (Å²) in [6, 6.07) is 21.6. The van der Waals surface area contributed by atoms with Crippen LogP contribution in [0.2, 0.25) is 0 Å². The topological polar surface area (TPSA) is 44.5 Å². The number of fused-ring (bicyclic) bond motifs is 1. The summed E-state index contributed by atoms with van der Waals surface area (Å²) in [5, 5.41) is 0. The quantitative estimate of drug-likeness (QED) is 0.517. The highest BCUT2D eigenvalue weighted by molar-refractivity contribution is 5.82. The molecule has 124 valence electrons. The van der Waals surface area contributed by atoms with Crippen molar-refractivity contribution in [1.29, 1.82) is 0 Å². The van der Waals surface area contributed by atoms with Crippen LogP contribution in [0.5, 0.6) is 11.5 Å². The van der Waals surface area contributed by atoms with E-state index in [0.717, 1.165) is 39.3 Å². The van der Waals surface area contributed by atoms with E-state index in [1.54, 1.807) is 14.2 Å². The average Bonchev–Trinajstić information content (AvgIpc) is 3.11. The third-order valence-corrected chi connectivity index (χ3v) is 4.13. The Morgan fingerprint density at radius 2 is 1.44 bits per heavy atom. The van der Waals surface area contributed by atoms with Crippen molar-refractivity contribution in [2.75, 3.05) is 14.2 Å². The summed E-state index contributed by atoms with van der Waals surface area (Å²) >= 11 is 0. The predicted octanol–water partition coefficient (Wildman–Crippen LogP) is 5.18. The van der Waals surface area contributed by atoms with Crippen LogP contribution in [0.4, 0.5) is 0 Å². The average molecular weight is 331 g/mol. The van der Waals surface area contributed by atoms with Crippen LogP contribution >= 0.6 is 0 Å². The van der Waals surface area contributed by atoms with Gasteiger partial charge in [-0.3, -0.25) is 0 Å². The van der Waals surface area contributed by atoms with Crippen molar-refractivity contribution in [2.24, 2.45) is 0 Å². The zero-order valence-corrected chi connectivity index (χ0v) is 14.0. The first-order valence-corrected chi connectivity index (χ1v) is 7.96. The summed E-state index contributed by atoms with van der Waals surface area (Å²) in [6.07, 6.45) is 0. The van der Waals surface area contributed by atoms with Crippen molar-refractivity contribution in [3.05, 3.63) is 66.7 Å². The van der Waals surface area contributed by atoms with Crippen LogP contribution in [0.15, 0.2) is 71.1 Å². The van der Waals surface area contributed by atoms with E-state index < -0.39 is 0 Å². The number of methoxy groups -OCH3 is 2. The van der Waals surface area contributed by atoms with Crippen LogP contribution in [0.1, 0.15) is 0 Å². The minimum absolute atomic E-state index is 0.598. The Hall–Kier alpha value is -3.27. The Morgan fingerprint density at radius 3 is 2.20 bits per heavy atom. The van der Waals surface area contributed by atoms with E-state index in [1.807, 2.05) is 66.7 Å². The second-order valence-electron chi connectivity index (χ2n) is 5.66. The SMILES string of the molecule is COc1ccc(-c2nc3ccc(-c4cccc(OC)c4)cc3o2)cc1. The fourth-order valence-corrected chi connectivity index (χ4v) is 2.76. The van der Waals surface area contributed by atoms with Gasteiger partial charge in [-0.2, -0.15) is 0 Å². The molecule has 25 heavy (non-hydrogen) atoms. The van der Waals surface area contributed by atoms with Crippen molar-refractivity contribution in [3.8, 4) is 34.1 Å². The molecule has 0 fully saturated rings. The van der Waals surface area contributed by atoms with Gasteiger partial charge in [0.25, 0.3) is 0 Å². The van der Waals surface area contributed by atoms with Gasteiger partial charge < -0.3 is 13.9 Å². The van der Waals surface area contributed by atoms with Gasteiger partial charge in [0, 0.05) is 5.56 Å². The van der Waals surface area contributed by atoms with Crippen LogP contribution in [0, 0.1) is 0 Å². The number of ether oxygens (including phenoxy) is 2. The molecule has 0 bridgehead atoms. The molecule has 0 aliphatic rings. The number of oxazole rings is 1. The third kappa shape index (κ3) is 2.94. The minimum atomic E-state index is 0.598. The number of hydrogen-bond acceptors (Lipinski definition) is 4. The summed E-state index contributed by atoms with van der Waals surface area (Å²) in [4.78, 5) is 4.57. The minimum Gasteiger partial charge on any atom is -0.497 e. The van der Waals surface area contributed by atoms with Crippen LogP contribution < -0.4 is 9.47 Å². The van der Waals surface area contributed by atoms with E-state index in [4.69, 9.17) is 13.9 Å². The van der Waals surface area contributed by atoms with Crippen LogP contribution in [-0.2, 0) is 0 Å². The highest BCUT2D eigenvalue weighted by atomic mass is 16.5. The van der Waals surface area contributed by atoms with E-state index in [1.165, 1.54) is 0 Å². The number of benzene rings is 3. The number of aromatic nitrogens is 1. The van der Waals surface area contributed by atoms with Crippen molar-refractivity contribution in [3.63, 3.8) is 0 Å². The first-order valence-electron chi connectivity index (χ1n) is 7.96. The molecule has 0 saturated carbocycles.